The highest BCUT2D eigenvalue weighted by Gasteiger charge is 2.23. The predicted molar refractivity (Wildman–Crippen MR) is 96.1 cm³/mol. The smallest absolute Gasteiger partial charge is 0.125 e. The standard InChI is InChI=1S/C17H23BrN2S/c1-6-19-10-14-15(17(3,4)5)20-16(21-14)12-8-7-11(2)9-13(12)18/h7-9,19H,6,10H2,1-5H3. The molecule has 0 unspecified atom stereocenters. The van der Waals surface area contributed by atoms with E-state index in [9.17, 15) is 0 Å². The maximum absolute atomic E-state index is 4.94. The van der Waals surface area contributed by atoms with Crippen LogP contribution < -0.4 is 5.32 Å². The highest BCUT2D eigenvalue weighted by atomic mass is 79.9. The highest BCUT2D eigenvalue weighted by molar-refractivity contribution is 9.10. The molecule has 0 radical (unpaired) electrons. The summed E-state index contributed by atoms with van der Waals surface area (Å²) in [6.45, 7) is 12.8. The summed E-state index contributed by atoms with van der Waals surface area (Å²) in [6, 6.07) is 6.45. The molecule has 21 heavy (non-hydrogen) atoms. The van der Waals surface area contributed by atoms with Crippen LogP contribution in [0.2, 0.25) is 0 Å². The Morgan fingerprint density at radius 2 is 2.00 bits per heavy atom. The number of halogens is 1. The van der Waals surface area contributed by atoms with Crippen molar-refractivity contribution in [1.29, 1.82) is 0 Å². The number of nitrogens with one attached hydrogen (secondary N) is 1. The number of rotatable bonds is 4. The van der Waals surface area contributed by atoms with Gasteiger partial charge in [0.1, 0.15) is 5.01 Å². The molecule has 0 spiro atoms. The van der Waals surface area contributed by atoms with Crippen molar-refractivity contribution in [1.82, 2.24) is 10.3 Å². The Morgan fingerprint density at radius 3 is 2.57 bits per heavy atom. The van der Waals surface area contributed by atoms with Crippen LogP contribution >= 0.6 is 27.3 Å². The molecule has 2 nitrogen and oxygen atoms in total. The molecule has 2 aromatic rings. The molecule has 1 heterocycles. The monoisotopic (exact) mass is 366 g/mol. The minimum absolute atomic E-state index is 0.0661. The molecule has 0 aliphatic carbocycles. The lowest BCUT2D eigenvalue weighted by Crippen LogP contribution is -2.18. The maximum atomic E-state index is 4.94. The molecular weight excluding hydrogens is 344 g/mol. The quantitative estimate of drug-likeness (QED) is 0.794. The molecule has 1 N–H and O–H groups in total. The number of aromatic nitrogens is 1. The van der Waals surface area contributed by atoms with E-state index in [1.807, 2.05) is 0 Å². The lowest BCUT2D eigenvalue weighted by atomic mass is 9.91. The lowest BCUT2D eigenvalue weighted by molar-refractivity contribution is 0.561. The van der Waals surface area contributed by atoms with Gasteiger partial charge >= 0.3 is 0 Å². The van der Waals surface area contributed by atoms with Crippen molar-refractivity contribution in [2.24, 2.45) is 0 Å². The van der Waals surface area contributed by atoms with Gasteiger partial charge < -0.3 is 5.32 Å². The van der Waals surface area contributed by atoms with Crippen molar-refractivity contribution in [2.75, 3.05) is 6.54 Å². The van der Waals surface area contributed by atoms with E-state index < -0.39 is 0 Å². The Kier molecular flexibility index (Phi) is 5.23. The van der Waals surface area contributed by atoms with Gasteiger partial charge in [-0.3, -0.25) is 0 Å². The molecule has 0 aliphatic rings. The third-order valence-corrected chi connectivity index (χ3v) is 5.04. The molecule has 0 atom stereocenters. The first-order valence-electron chi connectivity index (χ1n) is 7.30. The normalized spacial score (nSPS) is 11.9. The molecule has 0 fully saturated rings. The third-order valence-electron chi connectivity index (χ3n) is 3.30. The molecule has 1 aromatic carbocycles. The van der Waals surface area contributed by atoms with Crippen LogP contribution in [-0.2, 0) is 12.0 Å². The van der Waals surface area contributed by atoms with E-state index in [2.05, 4.69) is 74.1 Å². The zero-order valence-electron chi connectivity index (χ0n) is 13.4. The van der Waals surface area contributed by atoms with Crippen LogP contribution in [0, 0.1) is 6.92 Å². The molecule has 4 heteroatoms. The Balaban J connectivity index is 2.47. The van der Waals surface area contributed by atoms with Crippen molar-refractivity contribution in [3.63, 3.8) is 0 Å². The summed E-state index contributed by atoms with van der Waals surface area (Å²) in [6.07, 6.45) is 0. The SMILES string of the molecule is CCNCc1sc(-c2ccc(C)cc2Br)nc1C(C)(C)C. The first-order chi connectivity index (χ1) is 9.82. The minimum Gasteiger partial charge on any atom is -0.312 e. The highest BCUT2D eigenvalue weighted by Crippen LogP contribution is 2.37. The van der Waals surface area contributed by atoms with Crippen molar-refractivity contribution >= 4 is 27.3 Å². The molecule has 0 bridgehead atoms. The van der Waals surface area contributed by atoms with Gasteiger partial charge in [0.2, 0.25) is 0 Å². The van der Waals surface area contributed by atoms with E-state index in [0.717, 1.165) is 22.6 Å². The van der Waals surface area contributed by atoms with Crippen LogP contribution in [-0.4, -0.2) is 11.5 Å². The number of benzene rings is 1. The van der Waals surface area contributed by atoms with E-state index in [4.69, 9.17) is 4.98 Å². The zero-order chi connectivity index (χ0) is 15.6. The van der Waals surface area contributed by atoms with E-state index >= 15 is 0 Å². The van der Waals surface area contributed by atoms with E-state index in [0.29, 0.717) is 0 Å². The number of hydrogen-bond acceptors (Lipinski definition) is 3. The summed E-state index contributed by atoms with van der Waals surface area (Å²) < 4.78 is 1.12. The molecule has 1 aromatic heterocycles. The van der Waals surface area contributed by atoms with Crippen LogP contribution in [0.4, 0.5) is 0 Å². The van der Waals surface area contributed by atoms with Gasteiger partial charge in [0.05, 0.1) is 5.69 Å². The van der Waals surface area contributed by atoms with Crippen molar-refractivity contribution in [2.45, 2.75) is 46.6 Å². The summed E-state index contributed by atoms with van der Waals surface area (Å²) in [7, 11) is 0. The molecule has 114 valence electrons. The van der Waals surface area contributed by atoms with E-state index in [-0.39, 0.29) is 5.41 Å². The van der Waals surface area contributed by atoms with Crippen LogP contribution in [0.5, 0.6) is 0 Å². The van der Waals surface area contributed by atoms with Gasteiger partial charge in [0.25, 0.3) is 0 Å². The van der Waals surface area contributed by atoms with E-state index in [1.54, 1.807) is 11.3 Å². The number of hydrogen-bond donors (Lipinski definition) is 1. The Labute approximate surface area is 140 Å². The summed E-state index contributed by atoms with van der Waals surface area (Å²) in [5.74, 6) is 0. The minimum atomic E-state index is 0.0661. The van der Waals surface area contributed by atoms with Gasteiger partial charge in [-0.15, -0.1) is 11.3 Å². The first-order valence-corrected chi connectivity index (χ1v) is 8.91. The Hall–Kier alpha value is -0.710. The van der Waals surface area contributed by atoms with Crippen LogP contribution in [0.1, 0.15) is 43.8 Å². The van der Waals surface area contributed by atoms with Gasteiger partial charge in [0, 0.05) is 26.9 Å². The topological polar surface area (TPSA) is 24.9 Å². The number of aryl methyl sites for hydroxylation is 1. The molecule has 0 amide bonds. The predicted octanol–water partition coefficient (Wildman–Crippen LogP) is 5.29. The summed E-state index contributed by atoms with van der Waals surface area (Å²) in [4.78, 5) is 6.28. The Morgan fingerprint density at radius 1 is 1.29 bits per heavy atom. The average molecular weight is 367 g/mol. The van der Waals surface area contributed by atoms with Crippen LogP contribution in [0.25, 0.3) is 10.6 Å². The third kappa shape index (κ3) is 3.93. The van der Waals surface area contributed by atoms with E-state index in [1.165, 1.54) is 21.7 Å². The zero-order valence-corrected chi connectivity index (χ0v) is 15.8. The fourth-order valence-electron chi connectivity index (χ4n) is 2.20. The van der Waals surface area contributed by atoms with Gasteiger partial charge in [-0.1, -0.05) is 55.8 Å². The van der Waals surface area contributed by atoms with Gasteiger partial charge in [0.15, 0.2) is 0 Å². The number of nitrogens with zero attached hydrogens (tertiary/aromatic N) is 1. The summed E-state index contributed by atoms with van der Waals surface area (Å²) in [5.41, 5.74) is 3.71. The second-order valence-electron chi connectivity index (χ2n) is 6.30. The fraction of sp³-hybridized carbons (Fsp3) is 0.471. The molecule has 0 aliphatic heterocycles. The molecule has 0 saturated carbocycles. The fourth-order valence-corrected chi connectivity index (χ4v) is 4.30. The van der Waals surface area contributed by atoms with Gasteiger partial charge in [-0.2, -0.15) is 0 Å². The largest absolute Gasteiger partial charge is 0.312 e. The first kappa shape index (κ1) is 16.7. The molecular formula is C17H23BrN2S. The van der Waals surface area contributed by atoms with Crippen molar-refractivity contribution in [3.05, 3.63) is 38.8 Å². The van der Waals surface area contributed by atoms with Gasteiger partial charge in [-0.05, 0) is 25.1 Å². The average Bonchev–Trinajstić information content (AvgIpc) is 2.80. The summed E-state index contributed by atoms with van der Waals surface area (Å²) in [5, 5.41) is 4.52. The molecule has 0 saturated heterocycles. The van der Waals surface area contributed by atoms with Gasteiger partial charge in [-0.25, -0.2) is 4.98 Å². The second-order valence-corrected chi connectivity index (χ2v) is 8.24. The maximum Gasteiger partial charge on any atom is 0.125 e. The lowest BCUT2D eigenvalue weighted by Gasteiger charge is -2.17. The second kappa shape index (κ2) is 6.59. The number of thiazole rings is 1. The van der Waals surface area contributed by atoms with Crippen molar-refractivity contribution < 1.29 is 0 Å². The van der Waals surface area contributed by atoms with Crippen LogP contribution in [0.15, 0.2) is 22.7 Å². The Bertz CT molecular complexity index is 626. The summed E-state index contributed by atoms with van der Waals surface area (Å²) >= 11 is 5.47. The van der Waals surface area contributed by atoms with Crippen molar-refractivity contribution in [3.8, 4) is 10.6 Å². The van der Waals surface area contributed by atoms with Crippen LogP contribution in [0.3, 0.4) is 0 Å². The molecule has 2 rings (SSSR count).